The average molecular weight is 209 g/mol. The Kier molecular flexibility index (Phi) is 4.75. The quantitative estimate of drug-likeness (QED) is 0.690. The predicted molar refractivity (Wildman–Crippen MR) is 60.8 cm³/mol. The Labute approximate surface area is 91.1 Å². The van der Waals surface area contributed by atoms with E-state index in [-0.39, 0.29) is 0 Å². The van der Waals surface area contributed by atoms with Gasteiger partial charge in [-0.3, -0.25) is 0 Å². The third-order valence-electron chi connectivity index (χ3n) is 2.35. The standard InChI is InChI=1S/C12H19NO2/c1-12(14,10-13-8-9-15-2)11-6-4-3-5-7-11/h3-7,13-14H,8-10H2,1-2H3/t12-/m0/s1. The Bertz CT molecular complexity index is 272. The number of ether oxygens (including phenoxy) is 1. The third-order valence-corrected chi connectivity index (χ3v) is 2.35. The number of rotatable bonds is 6. The van der Waals surface area contributed by atoms with Crippen LogP contribution < -0.4 is 5.32 Å². The molecule has 3 nitrogen and oxygen atoms in total. The first-order chi connectivity index (χ1) is 7.17. The number of hydrogen-bond donors (Lipinski definition) is 2. The molecule has 0 fully saturated rings. The van der Waals surface area contributed by atoms with Crippen LogP contribution in [0, 0.1) is 0 Å². The summed E-state index contributed by atoms with van der Waals surface area (Å²) in [5.41, 5.74) is 0.101. The fourth-order valence-corrected chi connectivity index (χ4v) is 1.41. The van der Waals surface area contributed by atoms with Crippen molar-refractivity contribution < 1.29 is 9.84 Å². The van der Waals surface area contributed by atoms with Crippen LogP contribution >= 0.6 is 0 Å². The maximum atomic E-state index is 10.2. The van der Waals surface area contributed by atoms with E-state index in [1.807, 2.05) is 37.3 Å². The van der Waals surface area contributed by atoms with Crippen molar-refractivity contribution in [1.29, 1.82) is 0 Å². The van der Waals surface area contributed by atoms with E-state index < -0.39 is 5.60 Å². The Hall–Kier alpha value is -0.900. The molecule has 0 unspecified atom stereocenters. The van der Waals surface area contributed by atoms with Crippen LogP contribution in [0.4, 0.5) is 0 Å². The van der Waals surface area contributed by atoms with E-state index in [1.165, 1.54) is 0 Å². The molecule has 0 spiro atoms. The van der Waals surface area contributed by atoms with Crippen molar-refractivity contribution in [2.75, 3.05) is 26.8 Å². The second-order valence-corrected chi connectivity index (χ2v) is 3.81. The van der Waals surface area contributed by atoms with Crippen molar-refractivity contribution in [2.45, 2.75) is 12.5 Å². The van der Waals surface area contributed by atoms with E-state index in [0.717, 1.165) is 12.1 Å². The van der Waals surface area contributed by atoms with Crippen LogP contribution in [-0.4, -0.2) is 31.9 Å². The second-order valence-electron chi connectivity index (χ2n) is 3.81. The maximum Gasteiger partial charge on any atom is 0.0992 e. The molecular formula is C12H19NO2. The van der Waals surface area contributed by atoms with Crippen molar-refractivity contribution in [1.82, 2.24) is 5.32 Å². The smallest absolute Gasteiger partial charge is 0.0992 e. The van der Waals surface area contributed by atoms with Gasteiger partial charge in [-0.15, -0.1) is 0 Å². The fraction of sp³-hybridized carbons (Fsp3) is 0.500. The van der Waals surface area contributed by atoms with Gasteiger partial charge in [0, 0.05) is 20.2 Å². The van der Waals surface area contributed by atoms with Crippen molar-refractivity contribution >= 4 is 0 Å². The summed E-state index contributed by atoms with van der Waals surface area (Å²) in [7, 11) is 1.66. The molecule has 0 heterocycles. The third kappa shape index (κ3) is 4.00. The summed E-state index contributed by atoms with van der Waals surface area (Å²) in [6.07, 6.45) is 0. The molecular weight excluding hydrogens is 190 g/mol. The lowest BCUT2D eigenvalue weighted by molar-refractivity contribution is 0.0550. The molecule has 0 saturated carbocycles. The molecule has 1 aromatic carbocycles. The summed E-state index contributed by atoms with van der Waals surface area (Å²) in [5.74, 6) is 0. The van der Waals surface area contributed by atoms with Crippen molar-refractivity contribution in [3.8, 4) is 0 Å². The zero-order valence-corrected chi connectivity index (χ0v) is 9.36. The van der Waals surface area contributed by atoms with Gasteiger partial charge in [-0.2, -0.15) is 0 Å². The molecule has 1 aromatic rings. The van der Waals surface area contributed by atoms with Gasteiger partial charge < -0.3 is 15.2 Å². The van der Waals surface area contributed by atoms with Gasteiger partial charge in [-0.25, -0.2) is 0 Å². The minimum atomic E-state index is -0.824. The SMILES string of the molecule is COCCNC[C@](C)(O)c1ccccc1. The average Bonchev–Trinajstić information content (AvgIpc) is 2.26. The summed E-state index contributed by atoms with van der Waals surface area (Å²) in [6, 6.07) is 9.66. The molecule has 1 rings (SSSR count). The first-order valence-corrected chi connectivity index (χ1v) is 5.14. The maximum absolute atomic E-state index is 10.2. The molecule has 0 aliphatic carbocycles. The molecule has 84 valence electrons. The summed E-state index contributed by atoms with van der Waals surface area (Å²) in [6.45, 7) is 3.74. The molecule has 3 heteroatoms. The number of methoxy groups -OCH3 is 1. The van der Waals surface area contributed by atoms with Crippen molar-refractivity contribution in [2.24, 2.45) is 0 Å². The minimum absolute atomic E-state index is 0.528. The highest BCUT2D eigenvalue weighted by Crippen LogP contribution is 2.18. The molecule has 0 aromatic heterocycles. The van der Waals surface area contributed by atoms with Crippen LogP contribution in [0.15, 0.2) is 30.3 Å². The number of aliphatic hydroxyl groups is 1. The van der Waals surface area contributed by atoms with Crippen LogP contribution in [0.2, 0.25) is 0 Å². The van der Waals surface area contributed by atoms with E-state index in [4.69, 9.17) is 4.74 Å². The molecule has 0 radical (unpaired) electrons. The lowest BCUT2D eigenvalue weighted by atomic mass is 9.96. The zero-order chi connectivity index (χ0) is 11.1. The number of hydrogen-bond acceptors (Lipinski definition) is 3. The van der Waals surface area contributed by atoms with Gasteiger partial charge in [0.15, 0.2) is 0 Å². The number of benzene rings is 1. The van der Waals surface area contributed by atoms with Gasteiger partial charge in [0.05, 0.1) is 12.2 Å². The van der Waals surface area contributed by atoms with Gasteiger partial charge in [-0.1, -0.05) is 30.3 Å². The van der Waals surface area contributed by atoms with E-state index in [2.05, 4.69) is 5.32 Å². The van der Waals surface area contributed by atoms with Crippen molar-refractivity contribution in [3.63, 3.8) is 0 Å². The molecule has 0 amide bonds. The molecule has 0 saturated heterocycles. The summed E-state index contributed by atoms with van der Waals surface area (Å²) in [5, 5.41) is 13.3. The second kappa shape index (κ2) is 5.85. The molecule has 0 aliphatic rings. The largest absolute Gasteiger partial charge is 0.384 e. The topological polar surface area (TPSA) is 41.5 Å². The molecule has 0 aliphatic heterocycles. The highest BCUT2D eigenvalue weighted by molar-refractivity contribution is 5.21. The summed E-state index contributed by atoms with van der Waals surface area (Å²) in [4.78, 5) is 0. The van der Waals surface area contributed by atoms with Gasteiger partial charge >= 0.3 is 0 Å². The first kappa shape index (κ1) is 12.2. The van der Waals surface area contributed by atoms with E-state index in [9.17, 15) is 5.11 Å². The van der Waals surface area contributed by atoms with Crippen LogP contribution in [-0.2, 0) is 10.3 Å². The Morgan fingerprint density at radius 2 is 2.00 bits per heavy atom. The van der Waals surface area contributed by atoms with Gasteiger partial charge in [0.25, 0.3) is 0 Å². The lowest BCUT2D eigenvalue weighted by Gasteiger charge is -2.24. The molecule has 0 bridgehead atoms. The van der Waals surface area contributed by atoms with Gasteiger partial charge in [-0.05, 0) is 12.5 Å². The van der Waals surface area contributed by atoms with Gasteiger partial charge in [0.1, 0.15) is 0 Å². The van der Waals surface area contributed by atoms with Crippen LogP contribution in [0.25, 0.3) is 0 Å². The number of nitrogens with one attached hydrogen (secondary N) is 1. The Balaban J connectivity index is 2.45. The van der Waals surface area contributed by atoms with E-state index >= 15 is 0 Å². The van der Waals surface area contributed by atoms with Crippen LogP contribution in [0.5, 0.6) is 0 Å². The van der Waals surface area contributed by atoms with Crippen molar-refractivity contribution in [3.05, 3.63) is 35.9 Å². The van der Waals surface area contributed by atoms with E-state index in [1.54, 1.807) is 7.11 Å². The van der Waals surface area contributed by atoms with Crippen LogP contribution in [0.1, 0.15) is 12.5 Å². The molecule has 2 N–H and O–H groups in total. The molecule has 15 heavy (non-hydrogen) atoms. The summed E-state index contributed by atoms with van der Waals surface area (Å²) >= 11 is 0. The summed E-state index contributed by atoms with van der Waals surface area (Å²) < 4.78 is 4.92. The monoisotopic (exact) mass is 209 g/mol. The molecule has 1 atom stereocenters. The predicted octanol–water partition coefficient (Wildman–Crippen LogP) is 1.13. The Morgan fingerprint density at radius 3 is 2.60 bits per heavy atom. The first-order valence-electron chi connectivity index (χ1n) is 5.14. The highest BCUT2D eigenvalue weighted by atomic mass is 16.5. The van der Waals surface area contributed by atoms with E-state index in [0.29, 0.717) is 13.2 Å². The fourth-order valence-electron chi connectivity index (χ4n) is 1.41. The minimum Gasteiger partial charge on any atom is -0.384 e. The van der Waals surface area contributed by atoms with Gasteiger partial charge in [0.2, 0.25) is 0 Å². The lowest BCUT2D eigenvalue weighted by Crippen LogP contribution is -2.36. The van der Waals surface area contributed by atoms with Crippen LogP contribution in [0.3, 0.4) is 0 Å². The zero-order valence-electron chi connectivity index (χ0n) is 9.36. The Morgan fingerprint density at radius 1 is 1.33 bits per heavy atom. The normalized spacial score (nSPS) is 14.9. The highest BCUT2D eigenvalue weighted by Gasteiger charge is 2.21.